The van der Waals surface area contributed by atoms with Gasteiger partial charge in [0.1, 0.15) is 0 Å². The third kappa shape index (κ3) is 4.62. The van der Waals surface area contributed by atoms with Crippen LogP contribution in [0.3, 0.4) is 0 Å². The highest BCUT2D eigenvalue weighted by Crippen LogP contribution is 2.35. The summed E-state index contributed by atoms with van der Waals surface area (Å²) >= 11 is 17.6. The largest absolute Gasteiger partial charge is 0.490 e. The van der Waals surface area contributed by atoms with E-state index >= 15 is 0 Å². The van der Waals surface area contributed by atoms with Crippen LogP contribution in [0, 0.1) is 0 Å². The van der Waals surface area contributed by atoms with Crippen LogP contribution in [-0.4, -0.2) is 19.2 Å². The number of carbonyl (C=O) groups excluding carboxylic acids is 1. The molecule has 0 saturated heterocycles. The van der Waals surface area contributed by atoms with Gasteiger partial charge in [-0.15, -0.1) is 0 Å². The maximum Gasteiger partial charge on any atom is 0.309 e. The molecule has 0 heterocycles. The molecule has 0 atom stereocenters. The molecule has 0 aromatic heterocycles. The second-order valence-corrected chi connectivity index (χ2v) is 4.35. The van der Waals surface area contributed by atoms with Crippen molar-refractivity contribution in [3.63, 3.8) is 0 Å². The van der Waals surface area contributed by atoms with Gasteiger partial charge >= 0.3 is 5.97 Å². The molecule has 1 aromatic carbocycles. The lowest BCUT2D eigenvalue weighted by Crippen LogP contribution is -2.09. The van der Waals surface area contributed by atoms with Crippen LogP contribution in [-0.2, 0) is 9.53 Å². The maximum atomic E-state index is 11.1. The monoisotopic (exact) mass is 296 g/mol. The van der Waals surface area contributed by atoms with Crippen molar-refractivity contribution in [1.82, 2.24) is 0 Å². The normalized spacial score (nSPS) is 10.1. The smallest absolute Gasteiger partial charge is 0.309 e. The van der Waals surface area contributed by atoms with Gasteiger partial charge in [0.05, 0.1) is 29.7 Å². The van der Waals surface area contributed by atoms with Crippen LogP contribution in [0.1, 0.15) is 13.3 Å². The zero-order chi connectivity index (χ0) is 12.8. The topological polar surface area (TPSA) is 35.5 Å². The summed E-state index contributed by atoms with van der Waals surface area (Å²) in [6.45, 7) is 2.24. The Morgan fingerprint density at radius 3 is 2.35 bits per heavy atom. The Labute approximate surface area is 115 Å². The van der Waals surface area contributed by atoms with Crippen molar-refractivity contribution in [2.45, 2.75) is 13.3 Å². The molecule has 0 fully saturated rings. The van der Waals surface area contributed by atoms with E-state index in [9.17, 15) is 4.79 Å². The Morgan fingerprint density at radius 2 is 1.82 bits per heavy atom. The minimum Gasteiger partial charge on any atom is -0.490 e. The lowest BCUT2D eigenvalue weighted by Gasteiger charge is -2.09. The van der Waals surface area contributed by atoms with E-state index in [1.54, 1.807) is 6.92 Å². The number of hydrogen-bond acceptors (Lipinski definition) is 3. The fraction of sp³-hybridized carbons (Fsp3) is 0.364. The van der Waals surface area contributed by atoms with Crippen molar-refractivity contribution in [3.05, 3.63) is 27.2 Å². The van der Waals surface area contributed by atoms with Gasteiger partial charge in [-0.3, -0.25) is 4.79 Å². The fourth-order valence-corrected chi connectivity index (χ4v) is 2.06. The molecule has 1 rings (SSSR count). The molecule has 1 aromatic rings. The van der Waals surface area contributed by atoms with Crippen LogP contribution < -0.4 is 4.74 Å². The highest BCUT2D eigenvalue weighted by molar-refractivity contribution is 6.40. The Balaban J connectivity index is 2.55. The van der Waals surface area contributed by atoms with E-state index in [0.29, 0.717) is 27.4 Å². The minimum absolute atomic E-state index is 0.142. The minimum atomic E-state index is -0.325. The van der Waals surface area contributed by atoms with Crippen molar-refractivity contribution in [2.75, 3.05) is 13.2 Å². The third-order valence-corrected chi connectivity index (χ3v) is 2.60. The van der Waals surface area contributed by atoms with Gasteiger partial charge < -0.3 is 9.47 Å². The average molecular weight is 298 g/mol. The molecule has 0 aliphatic heterocycles. The lowest BCUT2D eigenvalue weighted by atomic mass is 10.3. The zero-order valence-electron chi connectivity index (χ0n) is 9.13. The Morgan fingerprint density at radius 1 is 1.24 bits per heavy atom. The molecule has 0 aliphatic rings. The first-order chi connectivity index (χ1) is 8.04. The van der Waals surface area contributed by atoms with E-state index in [0.717, 1.165) is 0 Å². The highest BCUT2D eigenvalue weighted by Gasteiger charge is 2.10. The van der Waals surface area contributed by atoms with Crippen LogP contribution in [0.25, 0.3) is 0 Å². The van der Waals surface area contributed by atoms with Crippen molar-refractivity contribution in [1.29, 1.82) is 0 Å². The van der Waals surface area contributed by atoms with E-state index in [1.165, 1.54) is 12.1 Å². The summed E-state index contributed by atoms with van der Waals surface area (Å²) in [7, 11) is 0. The summed E-state index contributed by atoms with van der Waals surface area (Å²) in [6.07, 6.45) is 0.142. The van der Waals surface area contributed by atoms with Crippen LogP contribution in [0.4, 0.5) is 0 Å². The first kappa shape index (κ1) is 14.4. The van der Waals surface area contributed by atoms with Gasteiger partial charge in [-0.1, -0.05) is 34.8 Å². The molecule has 0 spiro atoms. The fourth-order valence-electron chi connectivity index (χ4n) is 1.14. The Bertz CT molecular complexity index is 384. The predicted octanol–water partition coefficient (Wildman–Crippen LogP) is 3.98. The quantitative estimate of drug-likeness (QED) is 0.771. The van der Waals surface area contributed by atoms with Gasteiger partial charge in [-0.2, -0.15) is 0 Å². The predicted molar refractivity (Wildman–Crippen MR) is 68.2 cm³/mol. The maximum absolute atomic E-state index is 11.1. The highest BCUT2D eigenvalue weighted by atomic mass is 35.5. The molecule has 17 heavy (non-hydrogen) atoms. The molecule has 0 bridgehead atoms. The number of rotatable bonds is 5. The standard InChI is InChI=1S/C11H11Cl3O3/c1-2-16-10(15)3-4-17-11-8(13)5-7(12)6-9(11)14/h5-6H,2-4H2,1H3. The molecular formula is C11H11Cl3O3. The zero-order valence-corrected chi connectivity index (χ0v) is 11.4. The molecule has 3 nitrogen and oxygen atoms in total. The lowest BCUT2D eigenvalue weighted by molar-refractivity contribution is -0.143. The molecule has 0 radical (unpaired) electrons. The van der Waals surface area contributed by atoms with E-state index in [4.69, 9.17) is 44.3 Å². The second kappa shape index (κ2) is 6.94. The average Bonchev–Trinajstić information content (AvgIpc) is 2.22. The van der Waals surface area contributed by atoms with Gasteiger partial charge in [-0.25, -0.2) is 0 Å². The van der Waals surface area contributed by atoms with Gasteiger partial charge in [0, 0.05) is 5.02 Å². The van der Waals surface area contributed by atoms with Gasteiger partial charge in [0.15, 0.2) is 5.75 Å². The molecule has 0 unspecified atom stereocenters. The van der Waals surface area contributed by atoms with E-state index in [-0.39, 0.29) is 19.0 Å². The van der Waals surface area contributed by atoms with E-state index in [2.05, 4.69) is 0 Å². The number of halogens is 3. The number of carbonyl (C=O) groups is 1. The summed E-state index contributed by atoms with van der Waals surface area (Å²) in [4.78, 5) is 11.1. The molecule has 0 amide bonds. The number of benzene rings is 1. The molecule has 0 N–H and O–H groups in total. The van der Waals surface area contributed by atoms with Crippen molar-refractivity contribution in [2.24, 2.45) is 0 Å². The molecule has 0 aliphatic carbocycles. The summed E-state index contributed by atoms with van der Waals surface area (Å²) < 4.78 is 10.1. The molecule has 0 saturated carbocycles. The summed E-state index contributed by atoms with van der Waals surface area (Å²) in [6, 6.07) is 3.05. The van der Waals surface area contributed by atoms with Gasteiger partial charge in [0.2, 0.25) is 0 Å². The summed E-state index contributed by atoms with van der Waals surface area (Å²) in [5, 5.41) is 1.05. The molecular weight excluding hydrogens is 286 g/mol. The van der Waals surface area contributed by atoms with Crippen molar-refractivity contribution >= 4 is 40.8 Å². The van der Waals surface area contributed by atoms with Crippen LogP contribution in [0.5, 0.6) is 5.75 Å². The SMILES string of the molecule is CCOC(=O)CCOc1c(Cl)cc(Cl)cc1Cl. The Hall–Kier alpha value is -0.640. The molecule has 6 heteroatoms. The van der Waals surface area contributed by atoms with Crippen LogP contribution in [0.2, 0.25) is 15.1 Å². The summed E-state index contributed by atoms with van der Waals surface area (Å²) in [5.74, 6) is -0.00394. The first-order valence-electron chi connectivity index (χ1n) is 4.97. The van der Waals surface area contributed by atoms with E-state index < -0.39 is 0 Å². The van der Waals surface area contributed by atoms with Crippen molar-refractivity contribution in [3.8, 4) is 5.75 Å². The van der Waals surface area contributed by atoms with Gasteiger partial charge in [0.25, 0.3) is 0 Å². The van der Waals surface area contributed by atoms with Crippen molar-refractivity contribution < 1.29 is 14.3 Å². The summed E-state index contributed by atoms with van der Waals surface area (Å²) in [5.41, 5.74) is 0. The number of hydrogen-bond donors (Lipinski definition) is 0. The Kier molecular flexibility index (Phi) is 5.89. The third-order valence-electron chi connectivity index (χ3n) is 1.82. The van der Waals surface area contributed by atoms with Crippen LogP contribution in [0.15, 0.2) is 12.1 Å². The first-order valence-corrected chi connectivity index (χ1v) is 6.11. The second-order valence-electron chi connectivity index (χ2n) is 3.10. The molecule has 94 valence electrons. The van der Waals surface area contributed by atoms with E-state index in [1.807, 2.05) is 0 Å². The number of esters is 1. The number of ether oxygens (including phenoxy) is 2. The van der Waals surface area contributed by atoms with Crippen LogP contribution >= 0.6 is 34.8 Å². The van der Waals surface area contributed by atoms with Gasteiger partial charge in [-0.05, 0) is 19.1 Å².